The number of hydrogen-bond donors (Lipinski definition) is 0. The first-order chi connectivity index (χ1) is 8.69. The van der Waals surface area contributed by atoms with Gasteiger partial charge >= 0.3 is 6.09 Å². The van der Waals surface area contributed by atoms with Gasteiger partial charge in [0.15, 0.2) is 0 Å². The summed E-state index contributed by atoms with van der Waals surface area (Å²) in [6, 6.07) is 10.2. The number of carbonyl (C=O) groups is 1. The van der Waals surface area contributed by atoms with Gasteiger partial charge in [-0.3, -0.25) is 0 Å². The van der Waals surface area contributed by atoms with Crippen molar-refractivity contribution >= 4 is 6.09 Å². The molecule has 1 heterocycles. The first kappa shape index (κ1) is 12.9. The van der Waals surface area contributed by atoms with Crippen LogP contribution < -0.4 is 0 Å². The topological polar surface area (TPSA) is 38.8 Å². The first-order valence-electron chi connectivity index (χ1n) is 6.21. The molecule has 1 aliphatic rings. The zero-order valence-electron chi connectivity index (χ0n) is 10.8. The number of methoxy groups -OCH3 is 1. The molecular weight excluding hydrogens is 230 g/mol. The fourth-order valence-electron chi connectivity index (χ4n) is 2.31. The van der Waals surface area contributed by atoms with Crippen LogP contribution in [0, 0.1) is 0 Å². The van der Waals surface area contributed by atoms with Crippen LogP contribution in [0.2, 0.25) is 0 Å². The van der Waals surface area contributed by atoms with Crippen LogP contribution >= 0.6 is 0 Å². The molecule has 0 N–H and O–H groups in total. The minimum absolute atomic E-state index is 0.0373. The van der Waals surface area contributed by atoms with Crippen molar-refractivity contribution in [3.05, 3.63) is 35.9 Å². The summed E-state index contributed by atoms with van der Waals surface area (Å²) in [5, 5.41) is 0. The molecule has 98 valence electrons. The summed E-state index contributed by atoms with van der Waals surface area (Å²) in [6.07, 6.45) is 0.628. The van der Waals surface area contributed by atoms with E-state index in [4.69, 9.17) is 9.47 Å². The summed E-state index contributed by atoms with van der Waals surface area (Å²) in [4.78, 5) is 13.3. The van der Waals surface area contributed by atoms with Gasteiger partial charge in [0.25, 0.3) is 0 Å². The second-order valence-electron chi connectivity index (χ2n) is 4.63. The van der Waals surface area contributed by atoms with E-state index in [1.165, 1.54) is 12.7 Å². The summed E-state index contributed by atoms with van der Waals surface area (Å²) in [5.74, 6) is 0. The van der Waals surface area contributed by atoms with Crippen molar-refractivity contribution in [2.24, 2.45) is 0 Å². The molecule has 0 bridgehead atoms. The van der Waals surface area contributed by atoms with Crippen molar-refractivity contribution < 1.29 is 14.3 Å². The van der Waals surface area contributed by atoms with Gasteiger partial charge in [-0.1, -0.05) is 30.3 Å². The Morgan fingerprint density at radius 2 is 2.11 bits per heavy atom. The van der Waals surface area contributed by atoms with E-state index in [9.17, 15) is 4.79 Å². The third-order valence-corrected chi connectivity index (χ3v) is 3.07. The summed E-state index contributed by atoms with van der Waals surface area (Å²) in [6.45, 7) is 3.16. The number of carbonyl (C=O) groups excluding carboxylic acids is 1. The number of benzene rings is 1. The van der Waals surface area contributed by atoms with Gasteiger partial charge in [-0.05, 0) is 12.5 Å². The van der Waals surface area contributed by atoms with Gasteiger partial charge in [0, 0.05) is 6.42 Å². The molecule has 0 radical (unpaired) electrons. The molecular formula is C14H19NO3. The maximum atomic E-state index is 11.6. The molecule has 1 aliphatic heterocycles. The first-order valence-corrected chi connectivity index (χ1v) is 6.21. The molecule has 0 saturated carbocycles. The molecule has 2 atom stereocenters. The normalized spacial score (nSPS) is 23.8. The smallest absolute Gasteiger partial charge is 0.409 e. The highest BCUT2D eigenvalue weighted by atomic mass is 16.5. The molecule has 1 amide bonds. The Bertz CT molecular complexity index is 393. The largest absolute Gasteiger partial charge is 0.453 e. The lowest BCUT2D eigenvalue weighted by Gasteiger charge is -2.36. The predicted octanol–water partition coefficient (Wildman–Crippen LogP) is 2.08. The van der Waals surface area contributed by atoms with Crippen molar-refractivity contribution in [1.29, 1.82) is 0 Å². The van der Waals surface area contributed by atoms with E-state index in [0.29, 0.717) is 13.1 Å². The van der Waals surface area contributed by atoms with Crippen LogP contribution in [0.4, 0.5) is 4.79 Å². The lowest BCUT2D eigenvalue weighted by atomic mass is 10.1. The molecule has 1 saturated heterocycles. The number of nitrogens with zero attached hydrogens (tertiary/aromatic N) is 1. The summed E-state index contributed by atoms with van der Waals surface area (Å²) in [5.41, 5.74) is 1.22. The number of amides is 1. The van der Waals surface area contributed by atoms with E-state index in [1.807, 2.05) is 25.1 Å². The Hall–Kier alpha value is -1.55. The van der Waals surface area contributed by atoms with Crippen molar-refractivity contribution in [2.45, 2.75) is 25.6 Å². The highest BCUT2D eigenvalue weighted by Gasteiger charge is 2.28. The molecule has 2 rings (SSSR count). The maximum Gasteiger partial charge on any atom is 0.409 e. The van der Waals surface area contributed by atoms with E-state index in [1.54, 1.807) is 4.90 Å². The third-order valence-electron chi connectivity index (χ3n) is 3.07. The average Bonchev–Trinajstić information content (AvgIpc) is 2.38. The van der Waals surface area contributed by atoms with Gasteiger partial charge in [-0.25, -0.2) is 4.79 Å². The fourth-order valence-corrected chi connectivity index (χ4v) is 2.31. The monoisotopic (exact) mass is 249 g/mol. The molecule has 4 heteroatoms. The van der Waals surface area contributed by atoms with Crippen LogP contribution in [0.25, 0.3) is 0 Å². The molecule has 18 heavy (non-hydrogen) atoms. The van der Waals surface area contributed by atoms with Gasteiger partial charge in [0.05, 0.1) is 32.4 Å². The third kappa shape index (κ3) is 3.23. The zero-order valence-corrected chi connectivity index (χ0v) is 10.8. The molecule has 0 spiro atoms. The van der Waals surface area contributed by atoms with E-state index in [-0.39, 0.29) is 18.3 Å². The van der Waals surface area contributed by atoms with Gasteiger partial charge in [0.2, 0.25) is 0 Å². The average molecular weight is 249 g/mol. The molecule has 1 aromatic carbocycles. The standard InChI is InChI=1S/C14H19NO3/c1-11-9-15(14(16)17-2)10-13(18-11)8-12-6-4-3-5-7-12/h3-7,11,13H,8-10H2,1-2H3. The second kappa shape index (κ2) is 5.87. The summed E-state index contributed by atoms with van der Waals surface area (Å²) in [7, 11) is 1.41. The quantitative estimate of drug-likeness (QED) is 0.805. The second-order valence-corrected chi connectivity index (χ2v) is 4.63. The van der Waals surface area contributed by atoms with E-state index in [2.05, 4.69) is 12.1 Å². The maximum absolute atomic E-state index is 11.6. The Labute approximate surface area is 107 Å². The minimum atomic E-state index is -0.275. The Kier molecular flexibility index (Phi) is 4.20. The van der Waals surface area contributed by atoms with Gasteiger partial charge in [-0.15, -0.1) is 0 Å². The molecule has 2 unspecified atom stereocenters. The van der Waals surface area contributed by atoms with E-state index >= 15 is 0 Å². The highest BCUT2D eigenvalue weighted by molar-refractivity contribution is 5.67. The zero-order chi connectivity index (χ0) is 13.0. The van der Waals surface area contributed by atoms with Crippen LogP contribution in [-0.4, -0.2) is 43.4 Å². The van der Waals surface area contributed by atoms with Crippen LogP contribution in [0.15, 0.2) is 30.3 Å². The Morgan fingerprint density at radius 3 is 2.78 bits per heavy atom. The van der Waals surface area contributed by atoms with Crippen molar-refractivity contribution in [2.75, 3.05) is 20.2 Å². The number of rotatable bonds is 2. The number of hydrogen-bond acceptors (Lipinski definition) is 3. The lowest BCUT2D eigenvalue weighted by Crippen LogP contribution is -2.49. The predicted molar refractivity (Wildman–Crippen MR) is 68.5 cm³/mol. The van der Waals surface area contributed by atoms with Crippen molar-refractivity contribution in [3.8, 4) is 0 Å². The Balaban J connectivity index is 1.98. The molecule has 4 nitrogen and oxygen atoms in total. The van der Waals surface area contributed by atoms with Crippen LogP contribution in [-0.2, 0) is 15.9 Å². The van der Waals surface area contributed by atoms with E-state index < -0.39 is 0 Å². The van der Waals surface area contributed by atoms with Crippen LogP contribution in [0.3, 0.4) is 0 Å². The lowest BCUT2D eigenvalue weighted by molar-refractivity contribution is -0.0698. The van der Waals surface area contributed by atoms with Crippen molar-refractivity contribution in [1.82, 2.24) is 4.90 Å². The summed E-state index contributed by atoms with van der Waals surface area (Å²) < 4.78 is 10.6. The molecule has 1 aromatic rings. The van der Waals surface area contributed by atoms with Crippen LogP contribution in [0.1, 0.15) is 12.5 Å². The highest BCUT2D eigenvalue weighted by Crippen LogP contribution is 2.16. The van der Waals surface area contributed by atoms with Gasteiger partial charge in [-0.2, -0.15) is 0 Å². The Morgan fingerprint density at radius 1 is 1.39 bits per heavy atom. The van der Waals surface area contributed by atoms with Crippen LogP contribution in [0.5, 0.6) is 0 Å². The molecule has 0 aromatic heterocycles. The molecule has 1 fully saturated rings. The van der Waals surface area contributed by atoms with E-state index in [0.717, 1.165) is 6.42 Å². The van der Waals surface area contributed by atoms with Crippen molar-refractivity contribution in [3.63, 3.8) is 0 Å². The fraction of sp³-hybridized carbons (Fsp3) is 0.500. The number of ether oxygens (including phenoxy) is 2. The number of morpholine rings is 1. The SMILES string of the molecule is COC(=O)N1CC(C)OC(Cc2ccccc2)C1. The summed E-state index contributed by atoms with van der Waals surface area (Å²) >= 11 is 0. The van der Waals surface area contributed by atoms with Gasteiger partial charge in [0.1, 0.15) is 0 Å². The minimum Gasteiger partial charge on any atom is -0.453 e. The van der Waals surface area contributed by atoms with Gasteiger partial charge < -0.3 is 14.4 Å². The molecule has 0 aliphatic carbocycles.